The minimum atomic E-state index is -0.00722. The van der Waals surface area contributed by atoms with Crippen LogP contribution in [-0.4, -0.2) is 43.5 Å². The average molecular weight is 305 g/mol. The molecule has 6 heteroatoms. The molecule has 6 nitrogen and oxygen atoms in total. The highest BCUT2D eigenvalue weighted by atomic mass is 16.1. The van der Waals surface area contributed by atoms with E-state index in [0.29, 0.717) is 12.0 Å². The molecule has 0 spiro atoms. The van der Waals surface area contributed by atoms with E-state index in [0.717, 1.165) is 36.5 Å². The van der Waals surface area contributed by atoms with E-state index in [1.54, 1.807) is 12.5 Å². The summed E-state index contributed by atoms with van der Waals surface area (Å²) in [6, 6.07) is 4.03. The zero-order valence-electron chi connectivity index (χ0n) is 12.5. The second kappa shape index (κ2) is 5.36. The van der Waals surface area contributed by atoms with Crippen molar-refractivity contribution in [1.29, 1.82) is 0 Å². The molecule has 1 aliphatic heterocycles. The largest absolute Gasteiger partial charge is 0.366 e. The van der Waals surface area contributed by atoms with E-state index >= 15 is 0 Å². The fourth-order valence-corrected chi connectivity index (χ4v) is 3.33. The van der Waals surface area contributed by atoms with Gasteiger partial charge in [0.15, 0.2) is 5.78 Å². The third-order valence-corrected chi connectivity index (χ3v) is 4.42. The Kier molecular flexibility index (Phi) is 3.19. The molecule has 2 aliphatic rings. The zero-order valence-corrected chi connectivity index (χ0v) is 12.5. The number of likely N-dealkylation sites (tertiary alicyclic amines) is 1. The first-order chi connectivity index (χ1) is 11.3. The van der Waals surface area contributed by atoms with Gasteiger partial charge in [-0.2, -0.15) is 5.10 Å². The van der Waals surface area contributed by atoms with Gasteiger partial charge < -0.3 is 4.90 Å². The fourth-order valence-electron chi connectivity index (χ4n) is 3.33. The lowest BCUT2D eigenvalue weighted by Gasteiger charge is -2.27. The number of nitrogens with zero attached hydrogens (tertiary/aromatic N) is 5. The van der Waals surface area contributed by atoms with Gasteiger partial charge in [0.25, 0.3) is 0 Å². The van der Waals surface area contributed by atoms with Gasteiger partial charge in [0, 0.05) is 25.7 Å². The van der Waals surface area contributed by atoms with Crippen LogP contribution in [0.4, 0.5) is 0 Å². The highest BCUT2D eigenvalue weighted by Gasteiger charge is 2.33. The molecule has 1 aliphatic carbocycles. The summed E-state index contributed by atoms with van der Waals surface area (Å²) in [6.45, 7) is 1.56. The first-order valence-electron chi connectivity index (χ1n) is 7.55. The number of hydrogen-bond donors (Lipinski definition) is 0. The van der Waals surface area contributed by atoms with Crippen molar-refractivity contribution in [3.05, 3.63) is 47.8 Å². The topological polar surface area (TPSA) is 63.9 Å². The fraction of sp³-hybridized carbons (Fsp3) is 0.294. The smallest absolute Gasteiger partial charge is 0.177 e. The molecule has 0 N–H and O–H groups in total. The molecule has 0 aromatic carbocycles. The Morgan fingerprint density at radius 1 is 1.39 bits per heavy atom. The zero-order chi connectivity index (χ0) is 15.8. The summed E-state index contributed by atoms with van der Waals surface area (Å²) < 4.78 is 1.86. The summed E-state index contributed by atoms with van der Waals surface area (Å²) >= 11 is 0. The number of aromatic nitrogens is 4. The second-order valence-electron chi connectivity index (χ2n) is 5.74. The molecule has 114 valence electrons. The Morgan fingerprint density at radius 3 is 3.09 bits per heavy atom. The van der Waals surface area contributed by atoms with Crippen molar-refractivity contribution in [3.63, 3.8) is 0 Å². The van der Waals surface area contributed by atoms with Crippen LogP contribution < -0.4 is 0 Å². The first-order valence-corrected chi connectivity index (χ1v) is 7.55. The molecule has 1 atom stereocenters. The van der Waals surface area contributed by atoms with E-state index in [1.807, 2.05) is 16.8 Å². The predicted octanol–water partition coefficient (Wildman–Crippen LogP) is 1.09. The van der Waals surface area contributed by atoms with Gasteiger partial charge in [0.1, 0.15) is 12.7 Å². The van der Waals surface area contributed by atoms with E-state index in [4.69, 9.17) is 6.42 Å². The maximum absolute atomic E-state index is 12.4. The van der Waals surface area contributed by atoms with Crippen LogP contribution in [0.1, 0.15) is 23.7 Å². The average Bonchev–Trinajstić information content (AvgIpc) is 3.24. The lowest BCUT2D eigenvalue weighted by atomic mass is 9.91. The molecule has 23 heavy (non-hydrogen) atoms. The molecule has 0 unspecified atom stereocenters. The summed E-state index contributed by atoms with van der Waals surface area (Å²) in [5.41, 5.74) is 3.01. The van der Waals surface area contributed by atoms with E-state index in [9.17, 15) is 4.79 Å². The lowest BCUT2D eigenvalue weighted by Crippen LogP contribution is -2.28. The quantitative estimate of drug-likeness (QED) is 0.777. The number of allylic oxidation sites excluding steroid dienone is 1. The van der Waals surface area contributed by atoms with Gasteiger partial charge in [0.2, 0.25) is 0 Å². The monoisotopic (exact) mass is 305 g/mol. The van der Waals surface area contributed by atoms with Crippen LogP contribution in [0.3, 0.4) is 0 Å². The van der Waals surface area contributed by atoms with Crippen LogP contribution >= 0.6 is 0 Å². The van der Waals surface area contributed by atoms with Crippen molar-refractivity contribution < 1.29 is 4.79 Å². The standard InChI is InChI=1S/C17H15N5O/c1-2-14-15(23)8-12-4-3-6-19-16(12)17(14)21-7-5-13(9-21)22-11-18-10-20-22/h1,3-4,6,10-11,13H,5,7-9H2/t13-/m1/s1. The van der Waals surface area contributed by atoms with Gasteiger partial charge in [-0.15, -0.1) is 6.42 Å². The van der Waals surface area contributed by atoms with Gasteiger partial charge >= 0.3 is 0 Å². The van der Waals surface area contributed by atoms with Gasteiger partial charge in [-0.05, 0) is 18.1 Å². The van der Waals surface area contributed by atoms with Crippen LogP contribution in [0, 0.1) is 12.3 Å². The number of carbonyl (C=O) groups is 1. The van der Waals surface area contributed by atoms with Crippen molar-refractivity contribution >= 4 is 11.5 Å². The number of terminal acetylenes is 1. The normalized spacial score (nSPS) is 20.6. The van der Waals surface area contributed by atoms with Gasteiger partial charge in [-0.1, -0.05) is 12.0 Å². The van der Waals surface area contributed by atoms with E-state index in [1.165, 1.54) is 6.33 Å². The molecule has 4 rings (SSSR count). The maximum Gasteiger partial charge on any atom is 0.177 e. The number of pyridine rings is 1. The molecule has 2 aromatic heterocycles. The first kappa shape index (κ1) is 13.7. The van der Waals surface area contributed by atoms with E-state index < -0.39 is 0 Å². The molecular weight excluding hydrogens is 290 g/mol. The molecule has 0 amide bonds. The minimum absolute atomic E-state index is 0.00722. The van der Waals surface area contributed by atoms with Crippen molar-refractivity contribution in [2.45, 2.75) is 18.9 Å². The molecule has 0 radical (unpaired) electrons. The van der Waals surface area contributed by atoms with Crippen molar-refractivity contribution in [2.75, 3.05) is 13.1 Å². The third-order valence-electron chi connectivity index (χ3n) is 4.42. The molecule has 3 heterocycles. The minimum Gasteiger partial charge on any atom is -0.366 e. The highest BCUT2D eigenvalue weighted by Crippen LogP contribution is 2.34. The van der Waals surface area contributed by atoms with Crippen LogP contribution in [0.15, 0.2) is 36.6 Å². The summed E-state index contributed by atoms with van der Waals surface area (Å²) in [5, 5.41) is 4.22. The maximum atomic E-state index is 12.4. The molecule has 1 fully saturated rings. The number of carbonyl (C=O) groups excluding carboxylic acids is 1. The molecule has 0 saturated carbocycles. The second-order valence-corrected chi connectivity index (χ2v) is 5.74. The van der Waals surface area contributed by atoms with Crippen LogP contribution in [0.5, 0.6) is 0 Å². The van der Waals surface area contributed by atoms with Gasteiger partial charge in [-0.25, -0.2) is 9.67 Å². The Balaban J connectivity index is 1.74. The van der Waals surface area contributed by atoms with Crippen LogP contribution in [0.25, 0.3) is 5.70 Å². The van der Waals surface area contributed by atoms with Crippen LogP contribution in [-0.2, 0) is 11.2 Å². The number of hydrogen-bond acceptors (Lipinski definition) is 5. The van der Waals surface area contributed by atoms with Crippen molar-refractivity contribution in [3.8, 4) is 12.3 Å². The third kappa shape index (κ3) is 2.21. The van der Waals surface area contributed by atoms with Crippen molar-refractivity contribution in [2.24, 2.45) is 0 Å². The summed E-state index contributed by atoms with van der Waals surface area (Å²) in [5.74, 6) is 2.58. The number of ketones is 1. The number of rotatable bonds is 2. The predicted molar refractivity (Wildman–Crippen MR) is 84.0 cm³/mol. The number of Topliss-reactive ketones (excluding diaryl/α,β-unsaturated/α-hetero) is 1. The molecule has 0 bridgehead atoms. The SMILES string of the molecule is C#CC1=C(N2CC[C@@H](n3cncn3)C2)c2ncccc2CC1=O. The summed E-state index contributed by atoms with van der Waals surface area (Å²) in [4.78, 5) is 23.0. The van der Waals surface area contributed by atoms with Crippen LogP contribution in [0.2, 0.25) is 0 Å². The Labute approximate surface area is 133 Å². The summed E-state index contributed by atoms with van der Waals surface area (Å²) in [7, 11) is 0. The van der Waals surface area contributed by atoms with E-state index in [-0.39, 0.29) is 11.8 Å². The van der Waals surface area contributed by atoms with E-state index in [2.05, 4.69) is 25.9 Å². The molecular formula is C17H15N5O. The lowest BCUT2D eigenvalue weighted by molar-refractivity contribution is -0.114. The Morgan fingerprint density at radius 2 is 2.30 bits per heavy atom. The van der Waals surface area contributed by atoms with Crippen molar-refractivity contribution in [1.82, 2.24) is 24.6 Å². The highest BCUT2D eigenvalue weighted by molar-refractivity contribution is 6.09. The molecule has 2 aromatic rings. The Bertz CT molecular complexity index is 831. The summed E-state index contributed by atoms with van der Waals surface area (Å²) in [6.07, 6.45) is 11.9. The van der Waals surface area contributed by atoms with Gasteiger partial charge in [-0.3, -0.25) is 9.78 Å². The Hall–Kier alpha value is -2.94. The number of fused-ring (bicyclic) bond motifs is 1. The molecule has 1 saturated heterocycles. The van der Waals surface area contributed by atoms with Gasteiger partial charge in [0.05, 0.1) is 23.0 Å².